The molecule has 0 unspecified atom stereocenters. The number of carbonyl (C=O) groups excluding carboxylic acids is 1. The highest BCUT2D eigenvalue weighted by molar-refractivity contribution is 5.91. The van der Waals surface area contributed by atoms with Crippen LogP contribution in [-0.4, -0.2) is 42.0 Å². The zero-order valence-electron chi connectivity index (χ0n) is 14.3. The van der Waals surface area contributed by atoms with E-state index in [1.165, 1.54) is 12.1 Å². The summed E-state index contributed by atoms with van der Waals surface area (Å²) < 4.78 is 12.9. The predicted octanol–water partition coefficient (Wildman–Crippen LogP) is 3.36. The second-order valence-electron chi connectivity index (χ2n) is 6.24. The molecule has 0 atom stereocenters. The Morgan fingerprint density at radius 2 is 1.92 bits per heavy atom. The minimum Gasteiger partial charge on any atom is -0.356 e. The maximum atomic E-state index is 12.9. The van der Waals surface area contributed by atoms with E-state index in [0.717, 1.165) is 37.3 Å². The number of likely N-dealkylation sites (N-methyl/N-ethyl adjacent to an activating group) is 1. The number of benzene rings is 1. The molecule has 25 heavy (non-hydrogen) atoms. The third kappa shape index (κ3) is 4.44. The molecule has 4 nitrogen and oxygen atoms in total. The molecule has 2 heterocycles. The van der Waals surface area contributed by atoms with Crippen LogP contribution in [0.4, 0.5) is 10.2 Å². The van der Waals surface area contributed by atoms with Crippen LogP contribution in [0.3, 0.4) is 0 Å². The summed E-state index contributed by atoms with van der Waals surface area (Å²) in [6.45, 7) is 1.78. The standard InChI is InChI=1S/C20H22FN3O/c1-23(20(25)10-7-16-5-8-17(21)9-6-16)18-11-14-24(15-12-18)19-4-2-3-13-22-19/h2-10,13,18H,11-12,14-15H2,1H3/b10-7-. The van der Waals surface area contributed by atoms with Gasteiger partial charge in [-0.1, -0.05) is 18.2 Å². The number of hydrogen-bond donors (Lipinski definition) is 0. The Kier molecular flexibility index (Phi) is 5.43. The normalized spacial score (nSPS) is 15.5. The highest BCUT2D eigenvalue weighted by atomic mass is 19.1. The van der Waals surface area contributed by atoms with Crippen molar-refractivity contribution in [1.82, 2.24) is 9.88 Å². The summed E-state index contributed by atoms with van der Waals surface area (Å²) in [5, 5.41) is 0. The zero-order chi connectivity index (χ0) is 17.6. The molecule has 1 aromatic carbocycles. The summed E-state index contributed by atoms with van der Waals surface area (Å²) in [6.07, 6.45) is 6.92. The summed E-state index contributed by atoms with van der Waals surface area (Å²) in [4.78, 5) is 20.8. The molecule has 3 rings (SSSR count). The first-order valence-corrected chi connectivity index (χ1v) is 8.50. The van der Waals surface area contributed by atoms with Gasteiger partial charge in [-0.15, -0.1) is 0 Å². The van der Waals surface area contributed by atoms with Crippen molar-refractivity contribution in [3.8, 4) is 0 Å². The molecule has 130 valence electrons. The van der Waals surface area contributed by atoms with Gasteiger partial charge in [-0.25, -0.2) is 9.37 Å². The number of piperidine rings is 1. The number of nitrogens with zero attached hydrogens (tertiary/aromatic N) is 3. The van der Waals surface area contributed by atoms with Crippen LogP contribution < -0.4 is 4.90 Å². The summed E-state index contributed by atoms with van der Waals surface area (Å²) in [6, 6.07) is 12.2. The van der Waals surface area contributed by atoms with Crippen molar-refractivity contribution in [2.75, 3.05) is 25.0 Å². The minimum atomic E-state index is -0.278. The molecule has 0 radical (unpaired) electrons. The molecule has 0 spiro atoms. The van der Waals surface area contributed by atoms with Gasteiger partial charge in [0.05, 0.1) is 0 Å². The van der Waals surface area contributed by atoms with Crippen molar-refractivity contribution in [2.45, 2.75) is 18.9 Å². The van der Waals surface area contributed by atoms with E-state index in [-0.39, 0.29) is 17.8 Å². The number of rotatable bonds is 4. The molecule has 1 amide bonds. The minimum absolute atomic E-state index is 0.0272. The van der Waals surface area contributed by atoms with Crippen LogP contribution >= 0.6 is 0 Å². The van der Waals surface area contributed by atoms with Crippen molar-refractivity contribution < 1.29 is 9.18 Å². The van der Waals surface area contributed by atoms with Gasteiger partial charge in [0, 0.05) is 38.5 Å². The molecule has 5 heteroatoms. The molecule has 0 N–H and O–H groups in total. The summed E-state index contributed by atoms with van der Waals surface area (Å²) in [7, 11) is 1.85. The second kappa shape index (κ2) is 7.92. The van der Waals surface area contributed by atoms with E-state index in [0.29, 0.717) is 0 Å². The van der Waals surface area contributed by atoms with Crippen LogP contribution in [0.5, 0.6) is 0 Å². The van der Waals surface area contributed by atoms with Crippen molar-refractivity contribution in [1.29, 1.82) is 0 Å². The average molecular weight is 339 g/mol. The third-order valence-corrected chi connectivity index (χ3v) is 4.62. The largest absolute Gasteiger partial charge is 0.356 e. The molecule has 2 aromatic rings. The van der Waals surface area contributed by atoms with Crippen molar-refractivity contribution >= 4 is 17.8 Å². The first-order chi connectivity index (χ1) is 12.1. The predicted molar refractivity (Wildman–Crippen MR) is 97.7 cm³/mol. The van der Waals surface area contributed by atoms with Crippen LogP contribution in [0.1, 0.15) is 18.4 Å². The third-order valence-electron chi connectivity index (χ3n) is 4.62. The molecule has 1 aliphatic rings. The Labute approximate surface area is 147 Å². The van der Waals surface area contributed by atoms with Gasteiger partial charge >= 0.3 is 0 Å². The number of anilines is 1. The van der Waals surface area contributed by atoms with E-state index in [9.17, 15) is 9.18 Å². The lowest BCUT2D eigenvalue weighted by Crippen LogP contribution is -2.45. The van der Waals surface area contributed by atoms with Gasteiger partial charge in [-0.3, -0.25) is 4.79 Å². The van der Waals surface area contributed by atoms with E-state index in [2.05, 4.69) is 9.88 Å². The Morgan fingerprint density at radius 3 is 2.56 bits per heavy atom. The van der Waals surface area contributed by atoms with Gasteiger partial charge < -0.3 is 9.80 Å². The number of halogens is 1. The molecular formula is C20H22FN3O. The van der Waals surface area contributed by atoms with Gasteiger partial charge in [0.15, 0.2) is 0 Å². The lowest BCUT2D eigenvalue weighted by molar-refractivity contribution is -0.127. The highest BCUT2D eigenvalue weighted by Crippen LogP contribution is 2.20. The molecule has 0 aliphatic carbocycles. The van der Waals surface area contributed by atoms with E-state index < -0.39 is 0 Å². The first kappa shape index (κ1) is 17.1. The Morgan fingerprint density at radius 1 is 1.20 bits per heavy atom. The molecular weight excluding hydrogens is 317 g/mol. The highest BCUT2D eigenvalue weighted by Gasteiger charge is 2.24. The van der Waals surface area contributed by atoms with E-state index in [1.807, 2.05) is 25.2 Å². The molecule has 0 saturated carbocycles. The van der Waals surface area contributed by atoms with Gasteiger partial charge in [0.25, 0.3) is 0 Å². The Balaban J connectivity index is 1.54. The number of pyridine rings is 1. The average Bonchev–Trinajstić information content (AvgIpc) is 2.67. The summed E-state index contributed by atoms with van der Waals surface area (Å²) >= 11 is 0. The smallest absolute Gasteiger partial charge is 0.246 e. The van der Waals surface area contributed by atoms with Gasteiger partial charge in [-0.05, 0) is 48.7 Å². The van der Waals surface area contributed by atoms with Gasteiger partial charge in [0.2, 0.25) is 5.91 Å². The number of hydrogen-bond acceptors (Lipinski definition) is 3. The van der Waals surface area contributed by atoms with Gasteiger partial charge in [-0.2, -0.15) is 0 Å². The van der Waals surface area contributed by atoms with Crippen LogP contribution in [0.15, 0.2) is 54.7 Å². The monoisotopic (exact) mass is 339 g/mol. The van der Waals surface area contributed by atoms with Crippen LogP contribution in [0.2, 0.25) is 0 Å². The lowest BCUT2D eigenvalue weighted by atomic mass is 10.0. The van der Waals surface area contributed by atoms with Crippen molar-refractivity contribution in [3.63, 3.8) is 0 Å². The van der Waals surface area contributed by atoms with Crippen molar-refractivity contribution in [3.05, 3.63) is 66.1 Å². The Bertz CT molecular complexity index is 722. The van der Waals surface area contributed by atoms with Crippen LogP contribution in [0.25, 0.3) is 6.08 Å². The van der Waals surface area contributed by atoms with Crippen LogP contribution in [0, 0.1) is 5.82 Å². The molecule has 0 bridgehead atoms. The topological polar surface area (TPSA) is 36.4 Å². The molecule has 1 fully saturated rings. The molecule has 1 aromatic heterocycles. The molecule has 1 saturated heterocycles. The van der Waals surface area contributed by atoms with E-state index >= 15 is 0 Å². The fourth-order valence-electron chi connectivity index (χ4n) is 3.06. The Hall–Kier alpha value is -2.69. The van der Waals surface area contributed by atoms with Gasteiger partial charge in [0.1, 0.15) is 11.6 Å². The fraction of sp³-hybridized carbons (Fsp3) is 0.300. The van der Waals surface area contributed by atoms with Crippen molar-refractivity contribution in [2.24, 2.45) is 0 Å². The maximum absolute atomic E-state index is 12.9. The number of aromatic nitrogens is 1. The molecule has 1 aliphatic heterocycles. The number of carbonyl (C=O) groups is 1. The van der Waals surface area contributed by atoms with Crippen LogP contribution in [-0.2, 0) is 4.79 Å². The second-order valence-corrected chi connectivity index (χ2v) is 6.24. The lowest BCUT2D eigenvalue weighted by Gasteiger charge is -2.37. The first-order valence-electron chi connectivity index (χ1n) is 8.50. The quantitative estimate of drug-likeness (QED) is 0.802. The summed E-state index contributed by atoms with van der Waals surface area (Å²) in [5.74, 6) is 0.687. The number of amides is 1. The van der Waals surface area contributed by atoms with E-state index in [1.54, 1.807) is 35.4 Å². The van der Waals surface area contributed by atoms with E-state index in [4.69, 9.17) is 0 Å². The summed E-state index contributed by atoms with van der Waals surface area (Å²) in [5.41, 5.74) is 0.813. The SMILES string of the molecule is CN(C(=O)/C=C\c1ccc(F)cc1)C1CCN(c2ccccn2)CC1. The zero-order valence-corrected chi connectivity index (χ0v) is 14.3. The fourth-order valence-corrected chi connectivity index (χ4v) is 3.06. The maximum Gasteiger partial charge on any atom is 0.246 e.